The van der Waals surface area contributed by atoms with Crippen LogP contribution < -0.4 is 0 Å². The van der Waals surface area contributed by atoms with Gasteiger partial charge in [-0.25, -0.2) is 0 Å². The summed E-state index contributed by atoms with van der Waals surface area (Å²) in [5, 5.41) is 0. The Kier molecular flexibility index (Phi) is 3.40. The van der Waals surface area contributed by atoms with Gasteiger partial charge in [0.1, 0.15) is 4.83 Å². The molecule has 0 bridgehead atoms. The van der Waals surface area contributed by atoms with Crippen molar-refractivity contribution in [3.05, 3.63) is 0 Å². The lowest BCUT2D eigenvalue weighted by atomic mass is 9.96. The van der Waals surface area contributed by atoms with Gasteiger partial charge in [-0.3, -0.25) is 0 Å². The van der Waals surface area contributed by atoms with Gasteiger partial charge in [0.15, 0.2) is 0 Å². The van der Waals surface area contributed by atoms with Gasteiger partial charge in [-0.1, -0.05) is 15.9 Å². The predicted octanol–water partition coefficient (Wildman–Crippen LogP) is 2.74. The van der Waals surface area contributed by atoms with E-state index >= 15 is 0 Å². The van der Waals surface area contributed by atoms with Crippen LogP contribution >= 0.6 is 15.9 Å². The Balaban J connectivity index is 2.45. The van der Waals surface area contributed by atoms with Gasteiger partial charge in [-0.2, -0.15) is 13.2 Å². The molecule has 12 heavy (non-hydrogen) atoms. The standard InChI is InChI=1S/C7H10BrF3O/c8-6(7(9,10)11)5-1-3-12-4-2-5/h5-6H,1-4H2. The van der Waals surface area contributed by atoms with E-state index in [0.29, 0.717) is 26.1 Å². The molecule has 1 heterocycles. The molecular formula is C7H10BrF3O. The summed E-state index contributed by atoms with van der Waals surface area (Å²) in [5.41, 5.74) is 0. The van der Waals surface area contributed by atoms with E-state index < -0.39 is 11.0 Å². The van der Waals surface area contributed by atoms with Gasteiger partial charge in [0.2, 0.25) is 0 Å². The van der Waals surface area contributed by atoms with Crippen LogP contribution in [0.2, 0.25) is 0 Å². The maximum atomic E-state index is 12.1. The smallest absolute Gasteiger partial charge is 0.381 e. The highest BCUT2D eigenvalue weighted by atomic mass is 79.9. The second kappa shape index (κ2) is 3.96. The highest BCUT2D eigenvalue weighted by Crippen LogP contribution is 2.36. The zero-order valence-corrected chi connectivity index (χ0v) is 7.99. The van der Waals surface area contributed by atoms with Crippen molar-refractivity contribution in [3.63, 3.8) is 0 Å². The Morgan fingerprint density at radius 2 is 1.75 bits per heavy atom. The Bertz CT molecular complexity index is 142. The molecule has 1 unspecified atom stereocenters. The van der Waals surface area contributed by atoms with Gasteiger partial charge < -0.3 is 4.74 Å². The maximum absolute atomic E-state index is 12.1. The lowest BCUT2D eigenvalue weighted by Crippen LogP contribution is -2.34. The quantitative estimate of drug-likeness (QED) is 0.647. The third-order valence-electron chi connectivity index (χ3n) is 1.99. The number of hydrogen-bond acceptors (Lipinski definition) is 1. The second-order valence-electron chi connectivity index (χ2n) is 2.89. The molecular weight excluding hydrogens is 237 g/mol. The maximum Gasteiger partial charge on any atom is 0.401 e. The molecule has 0 aromatic carbocycles. The van der Waals surface area contributed by atoms with Crippen LogP contribution in [0.5, 0.6) is 0 Å². The Morgan fingerprint density at radius 3 is 2.17 bits per heavy atom. The van der Waals surface area contributed by atoms with Crippen LogP contribution in [0.15, 0.2) is 0 Å². The monoisotopic (exact) mass is 246 g/mol. The number of ether oxygens (including phenoxy) is 1. The van der Waals surface area contributed by atoms with E-state index in [1.807, 2.05) is 0 Å². The van der Waals surface area contributed by atoms with Crippen molar-refractivity contribution in [1.29, 1.82) is 0 Å². The fourth-order valence-corrected chi connectivity index (χ4v) is 1.80. The van der Waals surface area contributed by atoms with Gasteiger partial charge in [0, 0.05) is 13.2 Å². The van der Waals surface area contributed by atoms with E-state index in [-0.39, 0.29) is 5.92 Å². The first-order valence-corrected chi connectivity index (χ1v) is 4.72. The van der Waals surface area contributed by atoms with Crippen LogP contribution in [-0.4, -0.2) is 24.2 Å². The first-order valence-electron chi connectivity index (χ1n) is 3.80. The van der Waals surface area contributed by atoms with E-state index in [1.165, 1.54) is 0 Å². The molecule has 1 aliphatic rings. The summed E-state index contributed by atoms with van der Waals surface area (Å²) in [4.78, 5) is -1.37. The molecule has 1 atom stereocenters. The molecule has 0 N–H and O–H groups in total. The summed E-state index contributed by atoms with van der Waals surface area (Å²) in [6.45, 7) is 0.895. The Hall–Kier alpha value is 0.230. The van der Waals surface area contributed by atoms with Crippen molar-refractivity contribution in [1.82, 2.24) is 0 Å². The molecule has 5 heteroatoms. The van der Waals surface area contributed by atoms with Crippen LogP contribution in [0.4, 0.5) is 13.2 Å². The normalized spacial score (nSPS) is 24.0. The van der Waals surface area contributed by atoms with E-state index in [4.69, 9.17) is 4.74 Å². The van der Waals surface area contributed by atoms with E-state index in [1.54, 1.807) is 0 Å². The third kappa shape index (κ3) is 2.62. The molecule has 0 aliphatic carbocycles. The van der Waals surface area contributed by atoms with Crippen molar-refractivity contribution in [3.8, 4) is 0 Å². The summed E-state index contributed by atoms with van der Waals surface area (Å²) >= 11 is 2.68. The average molecular weight is 247 g/mol. The van der Waals surface area contributed by atoms with Crippen molar-refractivity contribution in [2.75, 3.05) is 13.2 Å². The molecule has 1 saturated heterocycles. The zero-order chi connectivity index (χ0) is 9.19. The minimum absolute atomic E-state index is 0.321. The minimum atomic E-state index is -4.12. The summed E-state index contributed by atoms with van der Waals surface area (Å²) in [5.74, 6) is -0.321. The lowest BCUT2D eigenvalue weighted by molar-refractivity contribution is -0.141. The molecule has 1 fully saturated rings. The van der Waals surface area contributed by atoms with Crippen molar-refractivity contribution in [2.45, 2.75) is 23.8 Å². The molecule has 0 aromatic heterocycles. The average Bonchev–Trinajstić information content (AvgIpc) is 2.03. The number of hydrogen-bond donors (Lipinski definition) is 0. The van der Waals surface area contributed by atoms with E-state index in [9.17, 15) is 13.2 Å². The zero-order valence-electron chi connectivity index (χ0n) is 6.40. The summed E-state index contributed by atoms with van der Waals surface area (Å²) < 4.78 is 41.4. The topological polar surface area (TPSA) is 9.23 Å². The number of rotatable bonds is 1. The number of halogens is 4. The molecule has 0 amide bonds. The van der Waals surface area contributed by atoms with Crippen LogP contribution in [0, 0.1) is 5.92 Å². The Morgan fingerprint density at radius 1 is 1.25 bits per heavy atom. The fraction of sp³-hybridized carbons (Fsp3) is 1.00. The van der Waals surface area contributed by atoms with Crippen LogP contribution in [-0.2, 0) is 4.74 Å². The molecule has 1 aliphatic heterocycles. The lowest BCUT2D eigenvalue weighted by Gasteiger charge is -2.27. The molecule has 0 radical (unpaired) electrons. The van der Waals surface area contributed by atoms with Crippen molar-refractivity contribution < 1.29 is 17.9 Å². The predicted molar refractivity (Wildman–Crippen MR) is 42.3 cm³/mol. The first-order chi connectivity index (χ1) is 5.52. The first kappa shape index (κ1) is 10.3. The molecule has 0 aromatic rings. The van der Waals surface area contributed by atoms with Gasteiger partial charge in [0.25, 0.3) is 0 Å². The molecule has 0 saturated carbocycles. The van der Waals surface area contributed by atoms with Crippen molar-refractivity contribution >= 4 is 15.9 Å². The second-order valence-corrected chi connectivity index (χ2v) is 3.88. The largest absolute Gasteiger partial charge is 0.401 e. The third-order valence-corrected chi connectivity index (χ3v) is 3.26. The van der Waals surface area contributed by atoms with Gasteiger partial charge in [0.05, 0.1) is 0 Å². The van der Waals surface area contributed by atoms with Crippen LogP contribution in [0.3, 0.4) is 0 Å². The van der Waals surface area contributed by atoms with Gasteiger partial charge in [-0.05, 0) is 18.8 Å². The van der Waals surface area contributed by atoms with Crippen LogP contribution in [0.1, 0.15) is 12.8 Å². The summed E-state index contributed by atoms with van der Waals surface area (Å²) in [7, 11) is 0. The summed E-state index contributed by atoms with van der Waals surface area (Å²) in [6, 6.07) is 0. The van der Waals surface area contributed by atoms with E-state index in [0.717, 1.165) is 0 Å². The van der Waals surface area contributed by atoms with Crippen molar-refractivity contribution in [2.24, 2.45) is 5.92 Å². The van der Waals surface area contributed by atoms with Gasteiger partial charge >= 0.3 is 6.18 Å². The molecule has 1 nitrogen and oxygen atoms in total. The SMILES string of the molecule is FC(F)(F)C(Br)C1CCOCC1. The Labute approximate surface area is 77.4 Å². The van der Waals surface area contributed by atoms with Gasteiger partial charge in [-0.15, -0.1) is 0 Å². The highest BCUT2D eigenvalue weighted by molar-refractivity contribution is 9.09. The summed E-state index contributed by atoms with van der Waals surface area (Å²) in [6.07, 6.45) is -3.13. The highest BCUT2D eigenvalue weighted by Gasteiger charge is 2.42. The van der Waals surface area contributed by atoms with E-state index in [2.05, 4.69) is 15.9 Å². The fourth-order valence-electron chi connectivity index (χ4n) is 1.28. The minimum Gasteiger partial charge on any atom is -0.381 e. The molecule has 0 spiro atoms. The van der Waals surface area contributed by atoms with Crippen LogP contribution in [0.25, 0.3) is 0 Å². The molecule has 1 rings (SSSR count). The molecule has 72 valence electrons. The number of alkyl halides is 4.